The number of hydrogen-bond acceptors (Lipinski definition) is 7. The van der Waals surface area contributed by atoms with E-state index in [9.17, 15) is 19.7 Å². The Balaban J connectivity index is 1.52. The van der Waals surface area contributed by atoms with Crippen LogP contribution >= 0.6 is 15.9 Å². The number of aromatic nitrogens is 2. The van der Waals surface area contributed by atoms with Crippen molar-refractivity contribution in [3.8, 4) is 17.1 Å². The second-order valence-corrected chi connectivity index (χ2v) is 8.97. The minimum absolute atomic E-state index is 0.134. The normalized spacial score (nSPS) is 11.1. The summed E-state index contributed by atoms with van der Waals surface area (Å²) in [4.78, 5) is 41.1. The van der Waals surface area contributed by atoms with Crippen molar-refractivity contribution in [1.29, 1.82) is 0 Å². The first kappa shape index (κ1) is 24.7. The van der Waals surface area contributed by atoms with Crippen LogP contribution in [0.25, 0.3) is 22.3 Å². The first-order valence-corrected chi connectivity index (χ1v) is 12.1. The van der Waals surface area contributed by atoms with Gasteiger partial charge in [-0.25, -0.2) is 9.78 Å². The van der Waals surface area contributed by atoms with Gasteiger partial charge in [-0.2, -0.15) is 9.78 Å². The Labute approximate surface area is 223 Å². The molecule has 0 spiro atoms. The van der Waals surface area contributed by atoms with Crippen LogP contribution in [0.5, 0.6) is 5.75 Å². The smallest absolute Gasteiger partial charge is 0.343 e. The summed E-state index contributed by atoms with van der Waals surface area (Å²) in [7, 11) is 0. The van der Waals surface area contributed by atoms with Crippen molar-refractivity contribution in [1.82, 2.24) is 9.66 Å². The molecular weight excluding hydrogens is 552 g/mol. The quantitative estimate of drug-likeness (QED) is 0.0835. The molecule has 0 fully saturated rings. The molecule has 0 aliphatic heterocycles. The molecule has 0 unspecified atom stereocenters. The lowest BCUT2D eigenvalue weighted by Gasteiger charge is -2.10. The number of nitrogens with zero attached hydrogens (tertiary/aromatic N) is 4. The molecule has 0 saturated carbocycles. The van der Waals surface area contributed by atoms with E-state index < -0.39 is 10.9 Å². The first-order valence-electron chi connectivity index (χ1n) is 11.3. The van der Waals surface area contributed by atoms with E-state index in [1.165, 1.54) is 35.2 Å². The zero-order chi connectivity index (χ0) is 26.6. The summed E-state index contributed by atoms with van der Waals surface area (Å²) < 4.78 is 7.63. The number of hydrogen-bond donors (Lipinski definition) is 0. The minimum atomic E-state index is -0.694. The highest BCUT2D eigenvalue weighted by Crippen LogP contribution is 2.23. The number of nitro groups is 1. The maximum Gasteiger partial charge on any atom is 0.343 e. The average molecular weight is 569 g/mol. The van der Waals surface area contributed by atoms with E-state index in [1.807, 2.05) is 30.3 Å². The van der Waals surface area contributed by atoms with Gasteiger partial charge in [0.25, 0.3) is 11.2 Å². The van der Waals surface area contributed by atoms with Crippen molar-refractivity contribution in [2.45, 2.75) is 0 Å². The van der Waals surface area contributed by atoms with Gasteiger partial charge in [-0.3, -0.25) is 14.9 Å². The van der Waals surface area contributed by atoms with Crippen LogP contribution in [0, 0.1) is 10.1 Å². The SMILES string of the molecule is O=C(Oc1ccccc1C=Nn1c(-c2ccc(Br)cc2)nc2ccccc2c1=O)c1ccc([N+](=O)[O-])cc1. The molecule has 0 radical (unpaired) electrons. The standard InChI is InChI=1S/C28H17BrN4O5/c29-21-13-9-18(10-14-21)26-31-24-7-3-2-6-23(24)27(34)32(26)30-17-20-5-1-4-8-25(20)38-28(35)19-11-15-22(16-12-19)33(36)37/h1-17H. The fourth-order valence-corrected chi connectivity index (χ4v) is 3.96. The lowest BCUT2D eigenvalue weighted by atomic mass is 10.2. The molecule has 5 aromatic rings. The fourth-order valence-electron chi connectivity index (χ4n) is 3.69. The zero-order valence-electron chi connectivity index (χ0n) is 19.5. The van der Waals surface area contributed by atoms with Crippen LogP contribution in [-0.2, 0) is 0 Å². The molecule has 0 aliphatic carbocycles. The maximum atomic E-state index is 13.4. The molecule has 0 amide bonds. The molecule has 0 N–H and O–H groups in total. The molecular formula is C28H17BrN4O5. The van der Waals surface area contributed by atoms with E-state index in [4.69, 9.17) is 4.74 Å². The van der Waals surface area contributed by atoms with Crippen molar-refractivity contribution < 1.29 is 14.5 Å². The minimum Gasteiger partial charge on any atom is -0.422 e. The van der Waals surface area contributed by atoms with Gasteiger partial charge in [0.15, 0.2) is 5.82 Å². The number of nitro benzene ring substituents is 1. The van der Waals surface area contributed by atoms with Crippen molar-refractivity contribution in [2.75, 3.05) is 0 Å². The third-order valence-electron chi connectivity index (χ3n) is 5.60. The maximum absolute atomic E-state index is 13.4. The van der Waals surface area contributed by atoms with E-state index in [0.29, 0.717) is 27.9 Å². The van der Waals surface area contributed by atoms with Gasteiger partial charge in [-0.1, -0.05) is 52.3 Å². The van der Waals surface area contributed by atoms with Crippen LogP contribution in [0.4, 0.5) is 5.69 Å². The predicted octanol–water partition coefficient (Wildman–Crippen LogP) is 5.84. The molecule has 38 heavy (non-hydrogen) atoms. The number of carbonyl (C=O) groups excluding carboxylic acids is 1. The van der Waals surface area contributed by atoms with Gasteiger partial charge in [-0.05, 0) is 48.5 Å². The molecule has 186 valence electrons. The van der Waals surface area contributed by atoms with Gasteiger partial charge < -0.3 is 4.74 Å². The molecule has 5 rings (SSSR count). The summed E-state index contributed by atoms with van der Waals surface area (Å²) in [5, 5.41) is 15.7. The number of esters is 1. The molecule has 9 nitrogen and oxygen atoms in total. The molecule has 1 heterocycles. The van der Waals surface area contributed by atoms with Gasteiger partial charge in [-0.15, -0.1) is 0 Å². The molecule has 1 aromatic heterocycles. The van der Waals surface area contributed by atoms with Crippen molar-refractivity contribution in [3.63, 3.8) is 0 Å². The van der Waals surface area contributed by atoms with E-state index in [2.05, 4.69) is 26.0 Å². The zero-order valence-corrected chi connectivity index (χ0v) is 21.1. The van der Waals surface area contributed by atoms with Crippen LogP contribution in [0.15, 0.2) is 111 Å². The lowest BCUT2D eigenvalue weighted by Crippen LogP contribution is -2.20. The van der Waals surface area contributed by atoms with Gasteiger partial charge in [0, 0.05) is 27.7 Å². The molecule has 0 atom stereocenters. The van der Waals surface area contributed by atoms with Crippen LogP contribution < -0.4 is 10.3 Å². The van der Waals surface area contributed by atoms with Crippen molar-refractivity contribution in [3.05, 3.63) is 133 Å². The largest absolute Gasteiger partial charge is 0.422 e. The third-order valence-corrected chi connectivity index (χ3v) is 6.13. The lowest BCUT2D eigenvalue weighted by molar-refractivity contribution is -0.384. The predicted molar refractivity (Wildman–Crippen MR) is 147 cm³/mol. The topological polar surface area (TPSA) is 117 Å². The molecule has 0 aliphatic rings. The second kappa shape index (κ2) is 10.6. The number of non-ortho nitro benzene ring substituents is 1. The monoisotopic (exact) mass is 568 g/mol. The Bertz CT molecular complexity index is 1760. The summed E-state index contributed by atoms with van der Waals surface area (Å²) in [6.07, 6.45) is 1.42. The Hall–Kier alpha value is -4.96. The molecule has 10 heteroatoms. The third kappa shape index (κ3) is 5.11. The van der Waals surface area contributed by atoms with Crippen molar-refractivity contribution >= 4 is 44.7 Å². The second-order valence-electron chi connectivity index (χ2n) is 8.05. The van der Waals surface area contributed by atoms with Gasteiger partial charge in [0.1, 0.15) is 5.75 Å². The number of para-hydroxylation sites is 2. The molecule has 4 aromatic carbocycles. The highest BCUT2D eigenvalue weighted by Gasteiger charge is 2.15. The summed E-state index contributed by atoms with van der Waals surface area (Å²) >= 11 is 3.42. The average Bonchev–Trinajstić information content (AvgIpc) is 2.93. The fraction of sp³-hybridized carbons (Fsp3) is 0. The first-order chi connectivity index (χ1) is 18.4. The number of rotatable bonds is 6. The molecule has 0 saturated heterocycles. The van der Waals surface area contributed by atoms with Gasteiger partial charge in [0.2, 0.25) is 0 Å². The summed E-state index contributed by atoms with van der Waals surface area (Å²) in [6.45, 7) is 0. The highest BCUT2D eigenvalue weighted by atomic mass is 79.9. The van der Waals surface area contributed by atoms with Crippen molar-refractivity contribution in [2.24, 2.45) is 5.10 Å². The number of halogens is 1. The Morgan fingerprint density at radius 3 is 2.37 bits per heavy atom. The van der Waals surface area contributed by atoms with E-state index in [1.54, 1.807) is 42.5 Å². The van der Waals surface area contributed by atoms with E-state index in [-0.39, 0.29) is 22.6 Å². The van der Waals surface area contributed by atoms with E-state index >= 15 is 0 Å². The summed E-state index contributed by atoms with van der Waals surface area (Å²) in [5.41, 5.74) is 1.32. The Morgan fingerprint density at radius 2 is 1.63 bits per heavy atom. The number of ether oxygens (including phenoxy) is 1. The number of carbonyl (C=O) groups is 1. The number of benzene rings is 4. The summed E-state index contributed by atoms with van der Waals surface area (Å²) in [6, 6.07) is 26.1. The highest BCUT2D eigenvalue weighted by molar-refractivity contribution is 9.10. The van der Waals surface area contributed by atoms with Crippen LogP contribution in [0.2, 0.25) is 0 Å². The van der Waals surface area contributed by atoms with E-state index in [0.717, 1.165) is 4.47 Å². The van der Waals surface area contributed by atoms with Gasteiger partial charge in [0.05, 0.1) is 27.6 Å². The van der Waals surface area contributed by atoms with Crippen LogP contribution in [0.1, 0.15) is 15.9 Å². The van der Waals surface area contributed by atoms with Crippen LogP contribution in [0.3, 0.4) is 0 Å². The molecule has 0 bridgehead atoms. The summed E-state index contributed by atoms with van der Waals surface area (Å²) in [5.74, 6) is -0.148. The van der Waals surface area contributed by atoms with Crippen LogP contribution in [-0.4, -0.2) is 26.8 Å². The Morgan fingerprint density at radius 1 is 0.947 bits per heavy atom. The Kier molecular flexibility index (Phi) is 6.88. The van der Waals surface area contributed by atoms with Gasteiger partial charge >= 0.3 is 5.97 Å². The number of fused-ring (bicyclic) bond motifs is 1.